The van der Waals surface area contributed by atoms with Gasteiger partial charge in [-0.25, -0.2) is 4.98 Å². The number of hydrogen-bond acceptors (Lipinski definition) is 7. The molecule has 28 heavy (non-hydrogen) atoms. The van der Waals surface area contributed by atoms with Crippen LogP contribution in [0.3, 0.4) is 0 Å². The predicted molar refractivity (Wildman–Crippen MR) is 111 cm³/mol. The summed E-state index contributed by atoms with van der Waals surface area (Å²) in [6, 6.07) is 11.8. The molecule has 7 heteroatoms. The van der Waals surface area contributed by atoms with Crippen LogP contribution in [0.25, 0.3) is 5.57 Å². The highest BCUT2D eigenvalue weighted by atomic mass is 16.5. The summed E-state index contributed by atoms with van der Waals surface area (Å²) < 4.78 is 5.99. The van der Waals surface area contributed by atoms with Crippen molar-refractivity contribution in [3.63, 3.8) is 0 Å². The van der Waals surface area contributed by atoms with Crippen molar-refractivity contribution in [2.45, 2.75) is 12.5 Å². The summed E-state index contributed by atoms with van der Waals surface area (Å²) in [4.78, 5) is 8.42. The van der Waals surface area contributed by atoms with Gasteiger partial charge in [0.1, 0.15) is 6.10 Å². The standard InChI is InChI=1S/C21H24N6O/c1-24-11-18(10-23)17-8-20-21(27-12-17)28-19(14-26-20)13-25-7-6-15-2-4-16(9-22)5-3-15/h2-5,8,10-12,19,25-26H,6-7,13-14,23H2,1H3/b18-10+,24-11?. The number of anilines is 1. The molecule has 0 spiro atoms. The van der Waals surface area contributed by atoms with E-state index in [1.165, 1.54) is 11.8 Å². The zero-order valence-corrected chi connectivity index (χ0v) is 15.9. The Bertz CT molecular complexity index is 898. The lowest BCUT2D eigenvalue weighted by Gasteiger charge is -2.27. The first-order valence-electron chi connectivity index (χ1n) is 9.18. The predicted octanol–water partition coefficient (Wildman–Crippen LogP) is 1.96. The number of fused-ring (bicyclic) bond motifs is 1. The third kappa shape index (κ3) is 4.87. The third-order valence-electron chi connectivity index (χ3n) is 4.48. The molecular weight excluding hydrogens is 352 g/mol. The Hall–Kier alpha value is -3.37. The van der Waals surface area contributed by atoms with Crippen molar-refractivity contribution in [2.24, 2.45) is 10.7 Å². The maximum absolute atomic E-state index is 8.83. The van der Waals surface area contributed by atoms with E-state index >= 15 is 0 Å². The molecule has 0 radical (unpaired) electrons. The summed E-state index contributed by atoms with van der Waals surface area (Å²) in [7, 11) is 1.70. The van der Waals surface area contributed by atoms with Crippen molar-refractivity contribution < 1.29 is 4.74 Å². The summed E-state index contributed by atoms with van der Waals surface area (Å²) in [6.45, 7) is 2.26. The number of allylic oxidation sites excluding steroid dienone is 1. The zero-order valence-electron chi connectivity index (χ0n) is 15.9. The molecule has 144 valence electrons. The molecule has 1 aliphatic rings. The van der Waals surface area contributed by atoms with Gasteiger partial charge in [-0.05, 0) is 36.7 Å². The van der Waals surface area contributed by atoms with Gasteiger partial charge in [-0.3, -0.25) is 4.99 Å². The fraction of sp³-hybridized carbons (Fsp3) is 0.286. The van der Waals surface area contributed by atoms with E-state index in [0.29, 0.717) is 18.0 Å². The van der Waals surface area contributed by atoms with Crippen LogP contribution in [0.1, 0.15) is 16.7 Å². The second kappa shape index (κ2) is 9.53. The monoisotopic (exact) mass is 376 g/mol. The first-order valence-corrected chi connectivity index (χ1v) is 9.18. The van der Waals surface area contributed by atoms with Crippen molar-refractivity contribution >= 4 is 17.5 Å². The van der Waals surface area contributed by atoms with E-state index in [1.54, 1.807) is 19.5 Å². The van der Waals surface area contributed by atoms with E-state index in [-0.39, 0.29) is 6.10 Å². The fourth-order valence-corrected chi connectivity index (χ4v) is 2.96. The van der Waals surface area contributed by atoms with Crippen molar-refractivity contribution in [2.75, 3.05) is 32.0 Å². The Morgan fingerprint density at radius 2 is 2.29 bits per heavy atom. The number of pyridine rings is 1. The Labute approximate surface area is 165 Å². The Morgan fingerprint density at radius 1 is 1.46 bits per heavy atom. The van der Waals surface area contributed by atoms with Crippen LogP contribution in [0, 0.1) is 11.3 Å². The number of nitrogens with one attached hydrogen (secondary N) is 2. The molecule has 0 amide bonds. The molecule has 1 atom stereocenters. The average Bonchev–Trinajstić information content (AvgIpc) is 2.75. The van der Waals surface area contributed by atoms with Crippen LogP contribution in [0.2, 0.25) is 0 Å². The lowest BCUT2D eigenvalue weighted by molar-refractivity contribution is 0.194. The molecule has 3 rings (SSSR count). The number of nitrogens with two attached hydrogens (primary N) is 1. The second-order valence-corrected chi connectivity index (χ2v) is 6.47. The largest absolute Gasteiger partial charge is 0.470 e. The second-order valence-electron chi connectivity index (χ2n) is 6.47. The minimum absolute atomic E-state index is 0.00791. The number of nitriles is 1. The molecule has 2 heterocycles. The van der Waals surface area contributed by atoms with Crippen LogP contribution in [0.4, 0.5) is 5.69 Å². The van der Waals surface area contributed by atoms with Gasteiger partial charge in [0.2, 0.25) is 5.88 Å². The fourth-order valence-electron chi connectivity index (χ4n) is 2.96. The van der Waals surface area contributed by atoms with E-state index < -0.39 is 0 Å². The highest BCUT2D eigenvalue weighted by molar-refractivity contribution is 6.09. The van der Waals surface area contributed by atoms with E-state index in [1.807, 2.05) is 30.3 Å². The van der Waals surface area contributed by atoms with Gasteiger partial charge >= 0.3 is 0 Å². The molecule has 1 aromatic heterocycles. The maximum atomic E-state index is 8.83. The summed E-state index contributed by atoms with van der Waals surface area (Å²) in [5, 5.41) is 15.6. The SMILES string of the molecule is CN=C/C(=C\N)c1cnc2c(c1)NCC(CNCCc1ccc(C#N)cc1)O2. The quantitative estimate of drug-likeness (QED) is 0.503. The van der Waals surface area contributed by atoms with Crippen molar-refractivity contribution in [1.82, 2.24) is 10.3 Å². The number of aromatic nitrogens is 1. The summed E-state index contributed by atoms with van der Waals surface area (Å²) in [5.41, 5.74) is 10.1. The van der Waals surface area contributed by atoms with E-state index in [2.05, 4.69) is 26.7 Å². The third-order valence-corrected chi connectivity index (χ3v) is 4.48. The molecule has 0 aliphatic carbocycles. The highest BCUT2D eigenvalue weighted by Crippen LogP contribution is 2.29. The van der Waals surface area contributed by atoms with Crippen molar-refractivity contribution in [1.29, 1.82) is 5.26 Å². The van der Waals surface area contributed by atoms with Crippen molar-refractivity contribution in [3.8, 4) is 11.9 Å². The molecule has 7 nitrogen and oxygen atoms in total. The maximum Gasteiger partial charge on any atom is 0.237 e. The molecule has 0 fully saturated rings. The number of rotatable bonds is 7. The Kier molecular flexibility index (Phi) is 6.60. The normalized spacial score (nSPS) is 16.1. The average molecular weight is 376 g/mol. The van der Waals surface area contributed by atoms with Gasteiger partial charge in [0.15, 0.2) is 0 Å². The number of aliphatic imine (C=N–C) groups is 1. The van der Waals surface area contributed by atoms with E-state index in [4.69, 9.17) is 15.7 Å². The molecule has 1 aliphatic heterocycles. The molecular formula is C21H24N6O. The van der Waals surface area contributed by atoms with Crippen LogP contribution < -0.4 is 21.1 Å². The number of ether oxygens (including phenoxy) is 1. The number of nitrogens with zero attached hydrogens (tertiary/aromatic N) is 3. The molecule has 0 bridgehead atoms. The van der Waals surface area contributed by atoms with Crippen LogP contribution in [0.5, 0.6) is 5.88 Å². The number of hydrogen-bond donors (Lipinski definition) is 3. The highest BCUT2D eigenvalue weighted by Gasteiger charge is 2.20. The van der Waals surface area contributed by atoms with Crippen LogP contribution >= 0.6 is 0 Å². The molecule has 0 saturated carbocycles. The zero-order chi connectivity index (χ0) is 19.8. The summed E-state index contributed by atoms with van der Waals surface area (Å²) in [5.74, 6) is 0.596. The van der Waals surface area contributed by atoms with Gasteiger partial charge in [0.05, 0.1) is 23.9 Å². The van der Waals surface area contributed by atoms with Gasteiger partial charge in [0, 0.05) is 43.3 Å². The lowest BCUT2D eigenvalue weighted by Crippen LogP contribution is -2.40. The molecule has 1 unspecified atom stereocenters. The van der Waals surface area contributed by atoms with Crippen LogP contribution in [-0.4, -0.2) is 44.0 Å². The topological polar surface area (TPSA) is 108 Å². The van der Waals surface area contributed by atoms with Gasteiger partial charge in [-0.15, -0.1) is 0 Å². The van der Waals surface area contributed by atoms with Gasteiger partial charge in [-0.1, -0.05) is 12.1 Å². The van der Waals surface area contributed by atoms with Crippen molar-refractivity contribution in [3.05, 3.63) is 59.4 Å². The van der Waals surface area contributed by atoms with Crippen LogP contribution in [0.15, 0.2) is 47.7 Å². The first kappa shape index (κ1) is 19.4. The summed E-state index contributed by atoms with van der Waals surface area (Å²) in [6.07, 6.45) is 5.86. The number of benzene rings is 1. The Balaban J connectivity index is 1.49. The smallest absolute Gasteiger partial charge is 0.237 e. The Morgan fingerprint density at radius 3 is 3.00 bits per heavy atom. The minimum atomic E-state index is 0.00791. The van der Waals surface area contributed by atoms with E-state index in [9.17, 15) is 0 Å². The van der Waals surface area contributed by atoms with Gasteiger partial charge in [-0.2, -0.15) is 5.26 Å². The molecule has 2 aromatic rings. The molecule has 0 saturated heterocycles. The molecule has 4 N–H and O–H groups in total. The van der Waals surface area contributed by atoms with E-state index in [0.717, 1.165) is 36.3 Å². The minimum Gasteiger partial charge on any atom is -0.470 e. The van der Waals surface area contributed by atoms with Gasteiger partial charge < -0.3 is 21.1 Å². The first-order chi connectivity index (χ1) is 13.7. The van der Waals surface area contributed by atoms with Gasteiger partial charge in [0.25, 0.3) is 0 Å². The van der Waals surface area contributed by atoms with Crippen LogP contribution in [-0.2, 0) is 6.42 Å². The molecule has 1 aromatic carbocycles. The summed E-state index contributed by atoms with van der Waals surface area (Å²) >= 11 is 0. The lowest BCUT2D eigenvalue weighted by atomic mass is 10.1.